The Kier molecular flexibility index (Phi) is 4.17. The van der Waals surface area contributed by atoms with Gasteiger partial charge >= 0.3 is 5.97 Å². The van der Waals surface area contributed by atoms with Crippen LogP contribution in [0.1, 0.15) is 12.1 Å². The Morgan fingerprint density at radius 2 is 2.25 bits per heavy atom. The number of carbonyl (C=O) groups excluding carboxylic acids is 1. The van der Waals surface area contributed by atoms with Crippen molar-refractivity contribution in [3.8, 4) is 0 Å². The normalized spacial score (nSPS) is 10.8. The number of ether oxygens (including phenoxy) is 1. The lowest BCUT2D eigenvalue weighted by Crippen LogP contribution is -2.23. The van der Waals surface area contributed by atoms with Crippen LogP contribution in [0.3, 0.4) is 0 Å². The smallest absolute Gasteiger partial charge is 0.307 e. The molecule has 0 atom stereocenters. The number of rotatable bonds is 4. The number of hydrogen-bond donors (Lipinski definition) is 1. The lowest BCUT2D eigenvalue weighted by atomic mass is 10.2. The summed E-state index contributed by atoms with van der Waals surface area (Å²) < 4.78 is 6.39. The van der Waals surface area contributed by atoms with E-state index in [0.717, 1.165) is 27.4 Å². The summed E-state index contributed by atoms with van der Waals surface area (Å²) in [4.78, 5) is 18.5. The van der Waals surface area contributed by atoms with Crippen LogP contribution in [0, 0.1) is 6.92 Å². The summed E-state index contributed by atoms with van der Waals surface area (Å²) in [5.41, 5.74) is 1.73. The minimum Gasteiger partial charge on any atom is -0.469 e. The van der Waals surface area contributed by atoms with Gasteiger partial charge in [-0.3, -0.25) is 9.48 Å². The average Bonchev–Trinajstić information content (AvgIpc) is 2.69. The summed E-state index contributed by atoms with van der Waals surface area (Å²) >= 11 is 4.48. The number of carbonyl (C=O) groups is 1. The van der Waals surface area contributed by atoms with Gasteiger partial charge in [-0.15, -0.1) is 12.6 Å². The Bertz CT molecular complexity index is 653. The zero-order valence-electron chi connectivity index (χ0n) is 12.0. The van der Waals surface area contributed by atoms with Crippen LogP contribution >= 0.6 is 12.6 Å². The number of fused-ring (bicyclic) bond motifs is 1. The summed E-state index contributed by atoms with van der Waals surface area (Å²) in [5, 5.41) is 5.34. The van der Waals surface area contributed by atoms with Crippen molar-refractivity contribution in [1.29, 1.82) is 0 Å². The number of esters is 1. The molecule has 20 heavy (non-hydrogen) atoms. The summed E-state index contributed by atoms with van der Waals surface area (Å²) in [6.07, 6.45) is 0.310. The fraction of sp³-hybridized carbons (Fsp3) is 0.462. The molecule has 0 unspecified atom stereocenters. The minimum atomic E-state index is -0.241. The van der Waals surface area contributed by atoms with Crippen LogP contribution in [0.25, 0.3) is 11.0 Å². The van der Waals surface area contributed by atoms with Crippen LogP contribution in [-0.2, 0) is 16.6 Å². The zero-order chi connectivity index (χ0) is 14.9. The van der Waals surface area contributed by atoms with Crippen LogP contribution < -0.4 is 4.90 Å². The molecule has 0 aromatic carbocycles. The van der Waals surface area contributed by atoms with E-state index in [1.807, 2.05) is 32.0 Å². The third-order valence-electron chi connectivity index (χ3n) is 3.20. The highest BCUT2D eigenvalue weighted by Gasteiger charge is 2.14. The quantitative estimate of drug-likeness (QED) is 0.685. The van der Waals surface area contributed by atoms with Crippen LogP contribution in [0.15, 0.2) is 11.0 Å². The number of thiol groups is 1. The molecule has 0 saturated carbocycles. The number of methoxy groups -OCH3 is 1. The van der Waals surface area contributed by atoms with Crippen LogP contribution in [-0.4, -0.2) is 41.4 Å². The predicted molar refractivity (Wildman–Crippen MR) is 80.4 cm³/mol. The topological polar surface area (TPSA) is 60.2 Å². The maximum Gasteiger partial charge on any atom is 0.307 e. The maximum atomic E-state index is 11.2. The third kappa shape index (κ3) is 2.72. The Hall–Kier alpha value is -1.76. The molecular formula is C13H18N4O2S. The minimum absolute atomic E-state index is 0.241. The first kappa shape index (κ1) is 14.6. The van der Waals surface area contributed by atoms with Crippen molar-refractivity contribution in [2.75, 3.05) is 25.6 Å². The Morgan fingerprint density at radius 1 is 1.55 bits per heavy atom. The Morgan fingerprint density at radius 3 is 2.90 bits per heavy atom. The highest BCUT2D eigenvalue weighted by Crippen LogP contribution is 2.27. The van der Waals surface area contributed by atoms with Gasteiger partial charge in [-0.25, -0.2) is 4.98 Å². The van der Waals surface area contributed by atoms with Gasteiger partial charge in [0.2, 0.25) is 0 Å². The SMILES string of the molecule is COC(=O)CCN(C)c1nc2c(cc1S)c(C)nn2C. The summed E-state index contributed by atoms with van der Waals surface area (Å²) in [5.74, 6) is 0.489. The number of pyridine rings is 1. The molecule has 0 aliphatic rings. The second-order valence-corrected chi connectivity index (χ2v) is 5.14. The van der Waals surface area contributed by atoms with Gasteiger partial charge in [-0.2, -0.15) is 5.10 Å². The molecule has 2 aromatic heterocycles. The lowest BCUT2D eigenvalue weighted by Gasteiger charge is -2.19. The first-order valence-corrected chi connectivity index (χ1v) is 6.70. The first-order chi connectivity index (χ1) is 9.43. The molecule has 0 amide bonds. The van der Waals surface area contributed by atoms with Gasteiger partial charge in [-0.05, 0) is 13.0 Å². The average molecular weight is 294 g/mol. The molecule has 2 rings (SSSR count). The number of aromatic nitrogens is 3. The highest BCUT2D eigenvalue weighted by molar-refractivity contribution is 7.80. The van der Waals surface area contributed by atoms with E-state index in [9.17, 15) is 4.79 Å². The maximum absolute atomic E-state index is 11.2. The van der Waals surface area contributed by atoms with Crippen molar-refractivity contribution in [1.82, 2.24) is 14.8 Å². The van der Waals surface area contributed by atoms with E-state index in [-0.39, 0.29) is 5.97 Å². The van der Waals surface area contributed by atoms with Gasteiger partial charge in [0.25, 0.3) is 0 Å². The molecule has 108 valence electrons. The summed E-state index contributed by atoms with van der Waals surface area (Å²) in [7, 11) is 5.12. The summed E-state index contributed by atoms with van der Waals surface area (Å²) in [6, 6.07) is 1.96. The van der Waals surface area contributed by atoms with Crippen molar-refractivity contribution < 1.29 is 9.53 Å². The van der Waals surface area contributed by atoms with Crippen molar-refractivity contribution >= 4 is 35.4 Å². The van der Waals surface area contributed by atoms with E-state index in [1.165, 1.54) is 7.11 Å². The largest absolute Gasteiger partial charge is 0.469 e. The molecule has 0 N–H and O–H groups in total. The van der Waals surface area contributed by atoms with E-state index in [2.05, 4.69) is 27.4 Å². The van der Waals surface area contributed by atoms with E-state index >= 15 is 0 Å². The zero-order valence-corrected chi connectivity index (χ0v) is 12.9. The second kappa shape index (κ2) is 5.70. The standard InChI is InChI=1S/C13H18N4O2S/c1-8-9-7-10(20)13(14-12(9)17(3)15-8)16(2)6-5-11(18)19-4/h7,20H,5-6H2,1-4H3. The molecule has 0 aliphatic carbocycles. The van der Waals surface area contributed by atoms with E-state index < -0.39 is 0 Å². The fourth-order valence-electron chi connectivity index (χ4n) is 2.07. The molecule has 0 spiro atoms. The van der Waals surface area contributed by atoms with Crippen molar-refractivity contribution in [3.63, 3.8) is 0 Å². The number of aryl methyl sites for hydroxylation is 2. The molecule has 0 bridgehead atoms. The van der Waals surface area contributed by atoms with Crippen LogP contribution in [0.5, 0.6) is 0 Å². The molecule has 6 nitrogen and oxygen atoms in total. The van der Waals surface area contributed by atoms with Gasteiger partial charge in [-0.1, -0.05) is 0 Å². The molecule has 0 aliphatic heterocycles. The molecule has 2 heterocycles. The van der Waals surface area contributed by atoms with E-state index in [0.29, 0.717) is 13.0 Å². The number of hydrogen-bond acceptors (Lipinski definition) is 6. The Labute approximate surface area is 123 Å². The molecule has 0 fully saturated rings. The summed E-state index contributed by atoms with van der Waals surface area (Å²) in [6.45, 7) is 2.47. The second-order valence-electron chi connectivity index (χ2n) is 4.66. The number of anilines is 1. The molecule has 2 aromatic rings. The van der Waals surface area contributed by atoms with Crippen LogP contribution in [0.4, 0.5) is 5.82 Å². The van der Waals surface area contributed by atoms with Gasteiger partial charge in [0.05, 0.1) is 19.2 Å². The van der Waals surface area contributed by atoms with Crippen molar-refractivity contribution in [3.05, 3.63) is 11.8 Å². The van der Waals surface area contributed by atoms with Gasteiger partial charge in [0.15, 0.2) is 5.65 Å². The predicted octanol–water partition coefficient (Wildman–Crippen LogP) is 1.56. The van der Waals surface area contributed by atoms with Crippen molar-refractivity contribution in [2.45, 2.75) is 18.2 Å². The first-order valence-electron chi connectivity index (χ1n) is 6.25. The molecule has 7 heteroatoms. The van der Waals surface area contributed by atoms with Crippen molar-refractivity contribution in [2.24, 2.45) is 7.05 Å². The lowest BCUT2D eigenvalue weighted by molar-refractivity contribution is -0.140. The van der Waals surface area contributed by atoms with Crippen LogP contribution in [0.2, 0.25) is 0 Å². The van der Waals surface area contributed by atoms with Gasteiger partial charge < -0.3 is 9.64 Å². The fourth-order valence-corrected chi connectivity index (χ4v) is 2.42. The molecular weight excluding hydrogens is 276 g/mol. The van der Waals surface area contributed by atoms with E-state index in [1.54, 1.807) is 4.68 Å². The van der Waals surface area contributed by atoms with E-state index in [4.69, 9.17) is 0 Å². The highest BCUT2D eigenvalue weighted by atomic mass is 32.1. The number of nitrogens with zero attached hydrogens (tertiary/aromatic N) is 4. The van der Waals surface area contributed by atoms with Gasteiger partial charge in [0.1, 0.15) is 5.82 Å². The Balaban J connectivity index is 2.31. The third-order valence-corrected chi connectivity index (χ3v) is 3.53. The molecule has 0 saturated heterocycles. The molecule has 0 radical (unpaired) electrons. The van der Waals surface area contributed by atoms with Gasteiger partial charge in [0, 0.05) is 30.9 Å². The monoisotopic (exact) mass is 294 g/mol.